The van der Waals surface area contributed by atoms with E-state index in [1.165, 1.54) is 0 Å². The first-order valence-corrected chi connectivity index (χ1v) is 8.81. The third kappa shape index (κ3) is 1.39. The average molecular weight is 329 g/mol. The molecule has 0 radical (unpaired) electrons. The Balaban J connectivity index is 1.75. The number of carbonyl (C=O) groups excluding carboxylic acids is 1. The Hall–Kier alpha value is -1.59. The van der Waals surface area contributed by atoms with Crippen LogP contribution in [0.1, 0.15) is 26.2 Å². The lowest BCUT2D eigenvalue weighted by atomic mass is 9.44. The molecule has 5 rings (SSSR count). The number of piperidine rings is 1. The fourth-order valence-electron chi connectivity index (χ4n) is 6.47. The number of allylic oxidation sites excluding steroid dienone is 3. The van der Waals surface area contributed by atoms with E-state index < -0.39 is 17.1 Å². The number of ketones is 1. The van der Waals surface area contributed by atoms with Gasteiger partial charge in [-0.3, -0.25) is 9.69 Å². The number of fused-ring (bicyclic) bond motifs is 2. The molecule has 2 saturated heterocycles. The van der Waals surface area contributed by atoms with Crippen molar-refractivity contribution in [1.82, 2.24) is 4.90 Å². The maximum Gasteiger partial charge on any atom is 0.175 e. The van der Waals surface area contributed by atoms with E-state index in [1.54, 1.807) is 6.08 Å². The molecule has 2 saturated carbocycles. The van der Waals surface area contributed by atoms with Crippen molar-refractivity contribution < 1.29 is 19.7 Å². The van der Waals surface area contributed by atoms with Crippen LogP contribution < -0.4 is 0 Å². The van der Waals surface area contributed by atoms with Gasteiger partial charge in [-0.1, -0.05) is 12.2 Å². The molecule has 3 aliphatic carbocycles. The fourth-order valence-corrected chi connectivity index (χ4v) is 6.47. The molecule has 1 spiro atoms. The summed E-state index contributed by atoms with van der Waals surface area (Å²) in [7, 11) is 0. The maximum atomic E-state index is 12.9. The predicted molar refractivity (Wildman–Crippen MR) is 87.0 cm³/mol. The Morgan fingerprint density at radius 2 is 2.33 bits per heavy atom. The Bertz CT molecular complexity index is 708. The van der Waals surface area contributed by atoms with Crippen molar-refractivity contribution in [2.45, 2.75) is 50.0 Å². The first kappa shape index (κ1) is 14.7. The third-order valence-electron chi connectivity index (χ3n) is 7.33. The third-order valence-corrected chi connectivity index (χ3v) is 7.33. The van der Waals surface area contributed by atoms with Crippen molar-refractivity contribution in [2.75, 3.05) is 6.54 Å². The van der Waals surface area contributed by atoms with Gasteiger partial charge in [0.2, 0.25) is 0 Å². The summed E-state index contributed by atoms with van der Waals surface area (Å²) >= 11 is 0. The van der Waals surface area contributed by atoms with E-state index in [4.69, 9.17) is 4.74 Å². The summed E-state index contributed by atoms with van der Waals surface area (Å²) in [6.07, 6.45) is 6.93. The van der Waals surface area contributed by atoms with Crippen LogP contribution >= 0.6 is 0 Å². The van der Waals surface area contributed by atoms with E-state index >= 15 is 0 Å². The minimum absolute atomic E-state index is 0.0288. The van der Waals surface area contributed by atoms with Crippen LogP contribution in [-0.2, 0) is 9.53 Å². The number of likely N-dealkylation sites (tertiary alicyclic amines) is 1. The Morgan fingerprint density at radius 1 is 1.54 bits per heavy atom. The molecule has 2 N–H and O–H groups in total. The summed E-state index contributed by atoms with van der Waals surface area (Å²) in [6.45, 7) is 6.40. The number of rotatable bonds is 2. The lowest BCUT2D eigenvalue weighted by Gasteiger charge is -2.66. The number of hydrogen-bond donors (Lipinski definition) is 2. The molecule has 0 aromatic rings. The normalized spacial score (nSPS) is 51.6. The van der Waals surface area contributed by atoms with E-state index in [9.17, 15) is 15.0 Å². The minimum Gasteiger partial charge on any atom is -0.504 e. The predicted octanol–water partition coefficient (Wildman–Crippen LogP) is 1.70. The quantitative estimate of drug-likeness (QED) is 0.755. The van der Waals surface area contributed by atoms with Crippen molar-refractivity contribution in [1.29, 1.82) is 0 Å². The monoisotopic (exact) mass is 329 g/mol. The average Bonchev–Trinajstić information content (AvgIpc) is 2.88. The van der Waals surface area contributed by atoms with E-state index in [2.05, 4.69) is 11.5 Å². The second-order valence-electron chi connectivity index (χ2n) is 8.20. The largest absolute Gasteiger partial charge is 0.504 e. The molecule has 3 bridgehead atoms. The number of aliphatic hydroxyl groups is 2. The van der Waals surface area contributed by atoms with Gasteiger partial charge >= 0.3 is 0 Å². The van der Waals surface area contributed by atoms with Gasteiger partial charge in [-0.2, -0.15) is 0 Å². The van der Waals surface area contributed by atoms with Crippen LogP contribution in [0.15, 0.2) is 36.3 Å². The highest BCUT2D eigenvalue weighted by Gasteiger charge is 2.77. The zero-order valence-electron chi connectivity index (χ0n) is 13.8. The lowest BCUT2D eigenvalue weighted by Crippen LogP contribution is -2.78. The van der Waals surface area contributed by atoms with Gasteiger partial charge in [0.1, 0.15) is 5.76 Å². The van der Waals surface area contributed by atoms with Crippen LogP contribution in [0.4, 0.5) is 0 Å². The highest BCUT2D eigenvalue weighted by molar-refractivity contribution is 5.87. The van der Waals surface area contributed by atoms with Crippen LogP contribution in [0.2, 0.25) is 0 Å². The van der Waals surface area contributed by atoms with Gasteiger partial charge in [0.25, 0.3) is 0 Å². The SMILES string of the molecule is C=CCN1C2CC(=O)[C@@H]3OC4=C(O)C=CC5C[C@@H]1[C@@](C)(O)[C@@]3(C2)C45. The smallest absolute Gasteiger partial charge is 0.175 e. The summed E-state index contributed by atoms with van der Waals surface area (Å²) < 4.78 is 6.03. The van der Waals surface area contributed by atoms with Crippen LogP contribution in [0.3, 0.4) is 0 Å². The Morgan fingerprint density at radius 3 is 3.08 bits per heavy atom. The molecular weight excluding hydrogens is 306 g/mol. The molecule has 24 heavy (non-hydrogen) atoms. The van der Waals surface area contributed by atoms with Crippen molar-refractivity contribution >= 4 is 5.78 Å². The molecule has 2 aliphatic heterocycles. The molecule has 3 unspecified atom stereocenters. The molecule has 0 aromatic carbocycles. The number of nitrogens with zero attached hydrogens (tertiary/aromatic N) is 1. The van der Waals surface area contributed by atoms with Crippen molar-refractivity contribution in [3.63, 3.8) is 0 Å². The maximum absolute atomic E-state index is 12.9. The summed E-state index contributed by atoms with van der Waals surface area (Å²) in [5.41, 5.74) is -1.67. The molecule has 5 nitrogen and oxygen atoms in total. The van der Waals surface area contributed by atoms with Gasteiger partial charge in [-0.15, -0.1) is 6.58 Å². The Kier molecular flexibility index (Phi) is 2.65. The highest BCUT2D eigenvalue weighted by Crippen LogP contribution is 2.69. The molecule has 0 aromatic heterocycles. The molecule has 5 aliphatic rings. The van der Waals surface area contributed by atoms with Crippen molar-refractivity contribution in [3.8, 4) is 0 Å². The van der Waals surface area contributed by atoms with E-state index in [-0.39, 0.29) is 35.5 Å². The number of Topliss-reactive ketones (excluding diaryl/α,β-unsaturated/α-hetero) is 1. The molecular formula is C19H23NO4. The summed E-state index contributed by atoms with van der Waals surface area (Å²) in [4.78, 5) is 15.2. The van der Waals surface area contributed by atoms with E-state index in [0.717, 1.165) is 12.8 Å². The molecule has 5 heteroatoms. The topological polar surface area (TPSA) is 70.0 Å². The van der Waals surface area contributed by atoms with E-state index in [0.29, 0.717) is 18.7 Å². The van der Waals surface area contributed by atoms with Gasteiger partial charge in [-0.25, -0.2) is 0 Å². The molecule has 128 valence electrons. The second-order valence-corrected chi connectivity index (χ2v) is 8.20. The van der Waals surface area contributed by atoms with Gasteiger partial charge in [0, 0.05) is 31.0 Å². The molecule has 2 heterocycles. The minimum atomic E-state index is -1.04. The van der Waals surface area contributed by atoms with Crippen LogP contribution in [-0.4, -0.2) is 51.2 Å². The fraction of sp³-hybridized carbons (Fsp3) is 0.632. The molecule has 0 amide bonds. The first-order valence-electron chi connectivity index (χ1n) is 8.81. The number of aliphatic hydroxyl groups excluding tert-OH is 1. The number of hydrogen-bond acceptors (Lipinski definition) is 5. The summed E-state index contributed by atoms with van der Waals surface area (Å²) in [5.74, 6) is 0.778. The Labute approximate surface area is 141 Å². The van der Waals surface area contributed by atoms with Crippen LogP contribution in [0.25, 0.3) is 0 Å². The van der Waals surface area contributed by atoms with Crippen LogP contribution in [0, 0.1) is 17.3 Å². The number of carbonyl (C=O) groups is 1. The molecule has 4 fully saturated rings. The summed E-state index contributed by atoms with van der Waals surface area (Å²) in [6, 6.07) is 0.0906. The standard InChI is InChI=1S/C19H23NO4/c1-3-6-20-11-8-13(22)17-19(9-11)15-10(7-14(20)18(19,2)23)4-5-12(21)16(15)24-17/h3-5,10-11,14-15,17,21,23H,1,6-9H2,2H3/t10?,11?,14-,15?,17+,18-,19+/m1/s1. The van der Waals surface area contributed by atoms with E-state index in [1.807, 2.05) is 19.1 Å². The van der Waals surface area contributed by atoms with Crippen LogP contribution in [0.5, 0.6) is 0 Å². The first-order chi connectivity index (χ1) is 11.4. The summed E-state index contributed by atoms with van der Waals surface area (Å²) in [5, 5.41) is 22.0. The number of ether oxygens (including phenoxy) is 1. The zero-order chi connectivity index (χ0) is 16.9. The van der Waals surface area contributed by atoms with Gasteiger partial charge in [0.05, 0.1) is 11.0 Å². The highest BCUT2D eigenvalue weighted by atomic mass is 16.5. The van der Waals surface area contributed by atoms with Crippen molar-refractivity contribution in [2.24, 2.45) is 17.3 Å². The van der Waals surface area contributed by atoms with Crippen molar-refractivity contribution in [3.05, 3.63) is 36.3 Å². The van der Waals surface area contributed by atoms with Gasteiger partial charge < -0.3 is 14.9 Å². The zero-order valence-corrected chi connectivity index (χ0v) is 13.8. The second kappa shape index (κ2) is 4.33. The van der Waals surface area contributed by atoms with Gasteiger partial charge in [0.15, 0.2) is 17.6 Å². The lowest BCUT2D eigenvalue weighted by molar-refractivity contribution is -0.244. The van der Waals surface area contributed by atoms with Gasteiger partial charge in [-0.05, 0) is 31.8 Å². The molecule has 7 atom stereocenters.